The molecule has 290 valence electrons. The average molecular weight is 793 g/mol. The zero-order chi connectivity index (χ0) is 41.0. The van der Waals surface area contributed by atoms with Crippen molar-refractivity contribution in [3.63, 3.8) is 0 Å². The van der Waals surface area contributed by atoms with Crippen molar-refractivity contribution in [2.45, 2.75) is 0 Å². The van der Waals surface area contributed by atoms with Crippen molar-refractivity contribution in [1.29, 1.82) is 0 Å². The van der Waals surface area contributed by atoms with Gasteiger partial charge in [0.1, 0.15) is 16.9 Å². The van der Waals surface area contributed by atoms with E-state index in [2.05, 4.69) is 187 Å². The third kappa shape index (κ3) is 6.06. The zero-order valence-corrected chi connectivity index (χ0v) is 33.5. The molecule has 12 rings (SSSR count). The van der Waals surface area contributed by atoms with Gasteiger partial charge in [-0.05, 0) is 46.3 Å². The molecule has 0 aliphatic rings. The summed E-state index contributed by atoms with van der Waals surface area (Å²) in [7, 11) is 0. The Hall–Kier alpha value is -8.41. The second-order valence-corrected chi connectivity index (χ2v) is 15.6. The van der Waals surface area contributed by atoms with Crippen LogP contribution in [-0.4, -0.2) is 19.6 Å². The van der Waals surface area contributed by atoms with E-state index >= 15 is 0 Å². The highest BCUT2D eigenvalue weighted by molar-refractivity contribution is 6.12. The van der Waals surface area contributed by atoms with Crippen LogP contribution in [0.4, 0.5) is 0 Å². The molecule has 62 heavy (non-hydrogen) atoms. The SMILES string of the molecule is c1ccc(-c2nc(-c3ccc(-c4cccc5oc6ccccc6c45)cc3)cc(-c3ccc(-c4cc5ccccc5c5c(-c6ccccc6)c(-c6ccccc6)nn45)cc3)n2)cc1. The predicted octanol–water partition coefficient (Wildman–Crippen LogP) is 14.8. The summed E-state index contributed by atoms with van der Waals surface area (Å²) in [5, 5.41) is 9.95. The minimum atomic E-state index is 0.676. The van der Waals surface area contributed by atoms with Gasteiger partial charge in [-0.25, -0.2) is 14.5 Å². The average Bonchev–Trinajstić information content (AvgIpc) is 3.95. The summed E-state index contributed by atoms with van der Waals surface area (Å²) in [4.78, 5) is 10.3. The number of nitrogens with zero attached hydrogens (tertiary/aromatic N) is 4. The Morgan fingerprint density at radius 1 is 0.387 bits per heavy atom. The molecular weight excluding hydrogens is 757 g/mol. The molecule has 0 aliphatic carbocycles. The fourth-order valence-electron chi connectivity index (χ4n) is 8.88. The van der Waals surface area contributed by atoms with Crippen molar-refractivity contribution in [3.8, 4) is 78.7 Å². The van der Waals surface area contributed by atoms with Crippen LogP contribution in [0, 0.1) is 0 Å². The Morgan fingerprint density at radius 2 is 0.935 bits per heavy atom. The van der Waals surface area contributed by atoms with E-state index in [1.807, 2.05) is 36.4 Å². The monoisotopic (exact) mass is 792 g/mol. The summed E-state index contributed by atoms with van der Waals surface area (Å²) in [6.45, 7) is 0. The number of benzene rings is 8. The molecule has 0 saturated heterocycles. The first-order valence-corrected chi connectivity index (χ1v) is 20.9. The normalized spacial score (nSPS) is 11.5. The van der Waals surface area contributed by atoms with Gasteiger partial charge in [-0.2, -0.15) is 5.10 Å². The first-order chi connectivity index (χ1) is 30.7. The van der Waals surface area contributed by atoms with Crippen LogP contribution in [0.1, 0.15) is 0 Å². The molecule has 5 nitrogen and oxygen atoms in total. The molecule has 0 N–H and O–H groups in total. The third-order valence-electron chi connectivity index (χ3n) is 11.9. The maximum atomic E-state index is 6.20. The van der Waals surface area contributed by atoms with Crippen LogP contribution in [0.5, 0.6) is 0 Å². The number of hydrogen-bond acceptors (Lipinski definition) is 4. The van der Waals surface area contributed by atoms with Crippen LogP contribution in [0.15, 0.2) is 223 Å². The van der Waals surface area contributed by atoms with Crippen LogP contribution < -0.4 is 0 Å². The molecule has 12 aromatic rings. The number of fused-ring (bicyclic) bond motifs is 6. The molecule has 0 atom stereocenters. The van der Waals surface area contributed by atoms with Gasteiger partial charge in [-0.3, -0.25) is 0 Å². The molecule has 8 aromatic carbocycles. The quantitative estimate of drug-likeness (QED) is 0.161. The molecule has 4 aromatic heterocycles. The molecule has 0 aliphatic heterocycles. The van der Waals surface area contributed by atoms with E-state index in [4.69, 9.17) is 19.5 Å². The molecule has 0 amide bonds. The Labute approximate surface area is 357 Å². The molecule has 0 spiro atoms. The number of aromatic nitrogens is 4. The van der Waals surface area contributed by atoms with Gasteiger partial charge < -0.3 is 4.42 Å². The number of para-hydroxylation sites is 1. The molecule has 0 fully saturated rings. The van der Waals surface area contributed by atoms with Gasteiger partial charge in [0, 0.05) is 49.5 Å². The van der Waals surface area contributed by atoms with Crippen molar-refractivity contribution in [2.24, 2.45) is 0 Å². The largest absolute Gasteiger partial charge is 0.456 e. The summed E-state index contributed by atoms with van der Waals surface area (Å²) in [6.07, 6.45) is 0. The zero-order valence-electron chi connectivity index (χ0n) is 33.5. The molecule has 0 bridgehead atoms. The summed E-state index contributed by atoms with van der Waals surface area (Å²) >= 11 is 0. The topological polar surface area (TPSA) is 56.2 Å². The van der Waals surface area contributed by atoms with Gasteiger partial charge in [0.15, 0.2) is 5.82 Å². The van der Waals surface area contributed by atoms with E-state index in [9.17, 15) is 0 Å². The highest BCUT2D eigenvalue weighted by Crippen LogP contribution is 2.42. The number of hydrogen-bond donors (Lipinski definition) is 0. The van der Waals surface area contributed by atoms with E-state index in [1.165, 1.54) is 0 Å². The maximum absolute atomic E-state index is 6.20. The van der Waals surface area contributed by atoms with Gasteiger partial charge in [0.05, 0.1) is 22.6 Å². The van der Waals surface area contributed by atoms with Crippen LogP contribution in [-0.2, 0) is 0 Å². The van der Waals surface area contributed by atoms with Gasteiger partial charge >= 0.3 is 0 Å². The fourth-order valence-corrected chi connectivity index (χ4v) is 8.88. The van der Waals surface area contributed by atoms with Crippen molar-refractivity contribution in [1.82, 2.24) is 19.6 Å². The van der Waals surface area contributed by atoms with Crippen molar-refractivity contribution >= 4 is 38.2 Å². The lowest BCUT2D eigenvalue weighted by Gasteiger charge is -2.12. The second kappa shape index (κ2) is 14.7. The van der Waals surface area contributed by atoms with Crippen molar-refractivity contribution < 1.29 is 4.42 Å². The highest BCUT2D eigenvalue weighted by atomic mass is 16.3. The number of rotatable bonds is 7. The van der Waals surface area contributed by atoms with Gasteiger partial charge in [-0.1, -0.05) is 194 Å². The first-order valence-electron chi connectivity index (χ1n) is 20.9. The standard InChI is InChI=1S/C57H36N4O/c1-4-15-41(16-5-1)53-55(42-17-6-2-7-18-42)60-61-50(35-44-21-10-11-22-46(44)56(53)61)40-33-31-39(32-34-40)49-36-48(58-57(59-49)43-19-8-3-9-20-43)38-29-27-37(28-30-38)45-24-14-26-52-54(45)47-23-12-13-25-51(47)62-52/h1-36H. The Bertz CT molecular complexity index is 3590. The minimum absolute atomic E-state index is 0.676. The van der Waals surface area contributed by atoms with E-state index < -0.39 is 0 Å². The highest BCUT2D eigenvalue weighted by Gasteiger charge is 2.22. The smallest absolute Gasteiger partial charge is 0.160 e. The number of furan rings is 1. The molecule has 0 saturated carbocycles. The summed E-state index contributed by atoms with van der Waals surface area (Å²) in [5.41, 5.74) is 16.1. The van der Waals surface area contributed by atoms with E-state index in [0.717, 1.165) is 111 Å². The summed E-state index contributed by atoms with van der Waals surface area (Å²) in [5.74, 6) is 0.676. The van der Waals surface area contributed by atoms with Gasteiger partial charge in [-0.15, -0.1) is 0 Å². The second-order valence-electron chi connectivity index (χ2n) is 15.6. The molecular formula is C57H36N4O. The lowest BCUT2D eigenvalue weighted by atomic mass is 9.96. The Balaban J connectivity index is 0.971. The van der Waals surface area contributed by atoms with Crippen LogP contribution >= 0.6 is 0 Å². The minimum Gasteiger partial charge on any atom is -0.456 e. The number of pyridine rings is 1. The lowest BCUT2D eigenvalue weighted by molar-refractivity contribution is 0.669. The van der Waals surface area contributed by atoms with Crippen molar-refractivity contribution in [2.75, 3.05) is 0 Å². The Morgan fingerprint density at radius 3 is 1.63 bits per heavy atom. The summed E-state index contributed by atoms with van der Waals surface area (Å²) in [6, 6.07) is 76.1. The first kappa shape index (κ1) is 35.5. The van der Waals surface area contributed by atoms with E-state index in [-0.39, 0.29) is 0 Å². The van der Waals surface area contributed by atoms with Gasteiger partial charge in [0.25, 0.3) is 0 Å². The maximum Gasteiger partial charge on any atom is 0.160 e. The summed E-state index contributed by atoms with van der Waals surface area (Å²) < 4.78 is 8.34. The van der Waals surface area contributed by atoms with E-state index in [1.54, 1.807) is 0 Å². The third-order valence-corrected chi connectivity index (χ3v) is 11.9. The molecule has 5 heteroatoms. The Kier molecular flexibility index (Phi) is 8.42. The van der Waals surface area contributed by atoms with Gasteiger partial charge in [0.2, 0.25) is 0 Å². The molecule has 0 unspecified atom stereocenters. The molecule has 4 heterocycles. The lowest BCUT2D eigenvalue weighted by Crippen LogP contribution is -1.97. The van der Waals surface area contributed by atoms with Crippen LogP contribution in [0.25, 0.3) is 117 Å². The van der Waals surface area contributed by atoms with E-state index in [0.29, 0.717) is 5.82 Å². The molecule has 0 radical (unpaired) electrons. The van der Waals surface area contributed by atoms with Crippen LogP contribution in [0.3, 0.4) is 0 Å². The van der Waals surface area contributed by atoms with Crippen LogP contribution in [0.2, 0.25) is 0 Å². The fraction of sp³-hybridized carbons (Fsp3) is 0. The van der Waals surface area contributed by atoms with Crippen molar-refractivity contribution in [3.05, 3.63) is 218 Å². The predicted molar refractivity (Wildman–Crippen MR) is 254 cm³/mol.